The molecule has 4 nitrogen and oxygen atoms in total. The van der Waals surface area contributed by atoms with E-state index in [2.05, 4.69) is 4.90 Å². The first kappa shape index (κ1) is 17.3. The summed E-state index contributed by atoms with van der Waals surface area (Å²) in [4.78, 5) is 16.8. The molecule has 5 heteroatoms. The highest BCUT2D eigenvalue weighted by atomic mass is 35.5. The minimum atomic E-state index is -0.0865. The van der Waals surface area contributed by atoms with Gasteiger partial charge in [0.2, 0.25) is 5.91 Å². The van der Waals surface area contributed by atoms with Gasteiger partial charge in [0.25, 0.3) is 0 Å². The number of likely N-dealkylation sites (tertiary alicyclic amines) is 1. The van der Waals surface area contributed by atoms with Gasteiger partial charge in [0.05, 0.1) is 12.6 Å². The number of halogens is 1. The predicted octanol–water partition coefficient (Wildman–Crippen LogP) is 2.54. The van der Waals surface area contributed by atoms with Crippen LogP contribution in [0.3, 0.4) is 0 Å². The van der Waals surface area contributed by atoms with Crippen LogP contribution < -0.4 is 0 Å². The van der Waals surface area contributed by atoms with Crippen LogP contribution in [0.25, 0.3) is 0 Å². The Bertz CT molecular complexity index is 495. The monoisotopic (exact) mass is 324 g/mol. The summed E-state index contributed by atoms with van der Waals surface area (Å²) in [6, 6.07) is 7.47. The molecule has 1 aromatic carbocycles. The lowest BCUT2D eigenvalue weighted by Gasteiger charge is -2.31. The van der Waals surface area contributed by atoms with Gasteiger partial charge in [-0.05, 0) is 38.1 Å². The summed E-state index contributed by atoms with van der Waals surface area (Å²) in [6.45, 7) is 1.71. The van der Waals surface area contributed by atoms with E-state index in [-0.39, 0.29) is 18.6 Å². The van der Waals surface area contributed by atoms with Crippen LogP contribution in [-0.2, 0) is 11.3 Å². The molecule has 1 amide bonds. The van der Waals surface area contributed by atoms with E-state index in [1.54, 1.807) is 4.90 Å². The maximum Gasteiger partial charge on any atom is 0.240 e. The zero-order chi connectivity index (χ0) is 15.9. The lowest BCUT2D eigenvalue weighted by molar-refractivity contribution is -0.137. The average molecular weight is 325 g/mol. The summed E-state index contributed by atoms with van der Waals surface area (Å²) in [7, 11) is 2.01. The number of likely N-dealkylation sites (N-methyl/N-ethyl adjacent to an activating group) is 1. The number of nitrogens with zero attached hydrogens (tertiary/aromatic N) is 2. The molecule has 0 aromatic heterocycles. The summed E-state index contributed by atoms with van der Waals surface area (Å²) >= 11 is 6.20. The Morgan fingerprint density at radius 3 is 2.86 bits per heavy atom. The van der Waals surface area contributed by atoms with Gasteiger partial charge in [0.1, 0.15) is 0 Å². The number of amides is 1. The van der Waals surface area contributed by atoms with Crippen molar-refractivity contribution in [1.29, 1.82) is 0 Å². The van der Waals surface area contributed by atoms with Crippen molar-refractivity contribution in [2.75, 3.05) is 26.7 Å². The predicted molar refractivity (Wildman–Crippen MR) is 88.8 cm³/mol. The van der Waals surface area contributed by atoms with Gasteiger partial charge in [-0.2, -0.15) is 0 Å². The number of carbonyl (C=O) groups is 1. The zero-order valence-electron chi connectivity index (χ0n) is 13.2. The maximum atomic E-state index is 12.9. The molecule has 1 heterocycles. The van der Waals surface area contributed by atoms with Crippen LogP contribution in [0.2, 0.25) is 5.02 Å². The van der Waals surface area contributed by atoms with Gasteiger partial charge in [-0.3, -0.25) is 9.69 Å². The lowest BCUT2D eigenvalue weighted by Crippen LogP contribution is -2.47. The van der Waals surface area contributed by atoms with E-state index in [0.29, 0.717) is 18.1 Å². The Hall–Kier alpha value is -1.10. The van der Waals surface area contributed by atoms with Crippen molar-refractivity contribution in [2.45, 2.75) is 38.3 Å². The Kier molecular flexibility index (Phi) is 6.68. The molecule has 0 radical (unpaired) electrons. The first-order valence-corrected chi connectivity index (χ1v) is 8.34. The van der Waals surface area contributed by atoms with E-state index in [4.69, 9.17) is 11.6 Å². The lowest BCUT2D eigenvalue weighted by atomic mass is 10.1. The number of aliphatic hydroxyl groups excluding tert-OH is 1. The van der Waals surface area contributed by atoms with Gasteiger partial charge in [-0.25, -0.2) is 0 Å². The molecular formula is C17H25ClN2O2. The minimum Gasteiger partial charge on any atom is -0.395 e. The number of hydrogen-bond acceptors (Lipinski definition) is 3. The summed E-state index contributed by atoms with van der Waals surface area (Å²) < 4.78 is 0. The summed E-state index contributed by atoms with van der Waals surface area (Å²) in [5.74, 6) is 0.0957. The highest BCUT2D eigenvalue weighted by Crippen LogP contribution is 2.21. The standard InChI is InChI=1S/C17H25ClN2O2/c1-19-10-6-2-3-9-16(19)17(22)20(11-12-21)13-14-7-4-5-8-15(14)18/h4-5,7-8,16,21H,2-3,6,9-13H2,1H3. The molecule has 2 rings (SSSR count). The summed E-state index contributed by atoms with van der Waals surface area (Å²) in [6.07, 6.45) is 4.29. The van der Waals surface area contributed by atoms with Crippen molar-refractivity contribution in [3.63, 3.8) is 0 Å². The van der Waals surface area contributed by atoms with Crippen molar-refractivity contribution in [1.82, 2.24) is 9.80 Å². The quantitative estimate of drug-likeness (QED) is 0.905. The third kappa shape index (κ3) is 4.45. The van der Waals surface area contributed by atoms with Crippen LogP contribution in [0, 0.1) is 0 Å². The SMILES string of the molecule is CN1CCCCCC1C(=O)N(CCO)Cc1ccccc1Cl. The normalized spacial score (nSPS) is 19.7. The molecule has 1 fully saturated rings. The van der Waals surface area contributed by atoms with Crippen LogP contribution in [0.1, 0.15) is 31.2 Å². The molecule has 1 aromatic rings. The third-order valence-corrected chi connectivity index (χ3v) is 4.67. The molecule has 0 spiro atoms. The second kappa shape index (κ2) is 8.51. The van der Waals surface area contributed by atoms with Crippen molar-refractivity contribution >= 4 is 17.5 Å². The van der Waals surface area contributed by atoms with E-state index in [1.165, 1.54) is 6.42 Å². The van der Waals surface area contributed by atoms with Gasteiger partial charge in [-0.15, -0.1) is 0 Å². The number of hydrogen-bond donors (Lipinski definition) is 1. The van der Waals surface area contributed by atoms with Crippen molar-refractivity contribution < 1.29 is 9.90 Å². The molecule has 0 saturated carbocycles. The van der Waals surface area contributed by atoms with Crippen molar-refractivity contribution in [3.05, 3.63) is 34.9 Å². The molecule has 122 valence electrons. The number of carbonyl (C=O) groups excluding carboxylic acids is 1. The summed E-state index contributed by atoms with van der Waals surface area (Å²) in [5.41, 5.74) is 0.919. The fraction of sp³-hybridized carbons (Fsp3) is 0.588. The molecule has 1 saturated heterocycles. The second-order valence-electron chi connectivity index (χ2n) is 5.92. The molecule has 0 bridgehead atoms. The Labute approximate surface area is 137 Å². The maximum absolute atomic E-state index is 12.9. The minimum absolute atomic E-state index is 0.0351. The van der Waals surface area contributed by atoms with E-state index in [9.17, 15) is 9.90 Å². The highest BCUT2D eigenvalue weighted by Gasteiger charge is 2.28. The Morgan fingerprint density at radius 2 is 2.14 bits per heavy atom. The number of benzene rings is 1. The molecule has 1 unspecified atom stereocenters. The molecular weight excluding hydrogens is 300 g/mol. The van der Waals surface area contributed by atoms with Crippen LogP contribution in [0.5, 0.6) is 0 Å². The smallest absolute Gasteiger partial charge is 0.240 e. The Morgan fingerprint density at radius 1 is 1.36 bits per heavy atom. The van der Waals surface area contributed by atoms with Gasteiger partial charge >= 0.3 is 0 Å². The molecule has 1 aliphatic heterocycles. The van der Waals surface area contributed by atoms with Gasteiger partial charge in [0, 0.05) is 18.1 Å². The Balaban J connectivity index is 2.12. The van der Waals surface area contributed by atoms with E-state index >= 15 is 0 Å². The molecule has 0 aliphatic carbocycles. The number of rotatable bonds is 5. The molecule has 1 aliphatic rings. The van der Waals surface area contributed by atoms with Crippen molar-refractivity contribution in [3.8, 4) is 0 Å². The molecule has 1 N–H and O–H groups in total. The highest BCUT2D eigenvalue weighted by molar-refractivity contribution is 6.31. The van der Waals surface area contributed by atoms with Gasteiger partial charge in [0.15, 0.2) is 0 Å². The van der Waals surface area contributed by atoms with E-state index in [0.717, 1.165) is 31.4 Å². The van der Waals surface area contributed by atoms with Crippen LogP contribution >= 0.6 is 11.6 Å². The first-order chi connectivity index (χ1) is 10.6. The fourth-order valence-electron chi connectivity index (χ4n) is 2.99. The summed E-state index contributed by atoms with van der Waals surface area (Å²) in [5, 5.41) is 9.97. The topological polar surface area (TPSA) is 43.8 Å². The van der Waals surface area contributed by atoms with Gasteiger partial charge in [-0.1, -0.05) is 42.6 Å². The zero-order valence-corrected chi connectivity index (χ0v) is 13.9. The average Bonchev–Trinajstić information content (AvgIpc) is 2.73. The molecule has 1 atom stereocenters. The van der Waals surface area contributed by atoms with E-state index in [1.807, 2.05) is 31.3 Å². The van der Waals surface area contributed by atoms with Gasteiger partial charge < -0.3 is 10.0 Å². The van der Waals surface area contributed by atoms with Crippen molar-refractivity contribution in [2.24, 2.45) is 0 Å². The van der Waals surface area contributed by atoms with Crippen LogP contribution in [0.15, 0.2) is 24.3 Å². The van der Waals surface area contributed by atoms with Crippen LogP contribution in [-0.4, -0.2) is 53.6 Å². The van der Waals surface area contributed by atoms with E-state index < -0.39 is 0 Å². The largest absolute Gasteiger partial charge is 0.395 e. The number of aliphatic hydroxyl groups is 1. The van der Waals surface area contributed by atoms with Crippen LogP contribution in [0.4, 0.5) is 0 Å². The third-order valence-electron chi connectivity index (χ3n) is 4.31. The molecule has 22 heavy (non-hydrogen) atoms. The first-order valence-electron chi connectivity index (χ1n) is 7.96. The fourth-order valence-corrected chi connectivity index (χ4v) is 3.19. The second-order valence-corrected chi connectivity index (χ2v) is 6.33.